The molecule has 0 aromatic carbocycles. The van der Waals surface area contributed by atoms with Gasteiger partial charge in [0.05, 0.1) is 6.61 Å². The minimum Gasteiger partial charge on any atom is -0.462 e. The molecule has 0 saturated carbocycles. The molecule has 5 nitrogen and oxygen atoms in total. The molecule has 0 aromatic heterocycles. The highest BCUT2D eigenvalue weighted by atomic mass is 16.5. The Bertz CT molecular complexity index is 317. The topological polar surface area (TPSA) is 81.4 Å². The lowest BCUT2D eigenvalue weighted by Gasteiger charge is -2.06. The van der Waals surface area contributed by atoms with E-state index in [4.69, 9.17) is 10.5 Å². The van der Waals surface area contributed by atoms with Crippen LogP contribution in [0.3, 0.4) is 0 Å². The SMILES string of the molecule is C=C(C)C(=O)OCCCNC(=O)CCCCCCCCN. The largest absolute Gasteiger partial charge is 0.462 e. The van der Waals surface area contributed by atoms with Crippen molar-refractivity contribution in [1.29, 1.82) is 0 Å². The Morgan fingerprint density at radius 1 is 1.05 bits per heavy atom. The van der Waals surface area contributed by atoms with Gasteiger partial charge < -0.3 is 15.8 Å². The number of carbonyl (C=O) groups is 2. The maximum Gasteiger partial charge on any atom is 0.333 e. The van der Waals surface area contributed by atoms with E-state index >= 15 is 0 Å². The fraction of sp³-hybridized carbons (Fsp3) is 0.750. The summed E-state index contributed by atoms with van der Waals surface area (Å²) in [7, 11) is 0. The number of nitrogens with two attached hydrogens (primary N) is 1. The molecule has 0 aliphatic heterocycles. The maximum absolute atomic E-state index is 11.5. The summed E-state index contributed by atoms with van der Waals surface area (Å²) in [6.45, 7) is 6.73. The highest BCUT2D eigenvalue weighted by Crippen LogP contribution is 2.06. The standard InChI is InChI=1S/C16H30N2O3/c1-14(2)16(20)21-13-9-12-18-15(19)10-7-5-3-4-6-8-11-17/h1,3-13,17H2,2H3,(H,18,19). The Kier molecular flexibility index (Phi) is 12.7. The molecule has 0 rings (SSSR count). The van der Waals surface area contributed by atoms with E-state index in [1.807, 2.05) is 0 Å². The number of ether oxygens (including phenoxy) is 1. The summed E-state index contributed by atoms with van der Waals surface area (Å²) >= 11 is 0. The number of hydrogen-bond acceptors (Lipinski definition) is 4. The van der Waals surface area contributed by atoms with Gasteiger partial charge in [-0.05, 0) is 32.7 Å². The van der Waals surface area contributed by atoms with Gasteiger partial charge in [0, 0.05) is 18.5 Å². The van der Waals surface area contributed by atoms with Crippen LogP contribution in [-0.4, -0.2) is 31.6 Å². The zero-order valence-electron chi connectivity index (χ0n) is 13.3. The third-order valence-corrected chi connectivity index (χ3v) is 3.08. The lowest BCUT2D eigenvalue weighted by Crippen LogP contribution is -2.25. The summed E-state index contributed by atoms with van der Waals surface area (Å²) in [5, 5.41) is 2.83. The molecule has 5 heteroatoms. The van der Waals surface area contributed by atoms with E-state index in [1.54, 1.807) is 6.92 Å². The molecule has 0 spiro atoms. The number of amides is 1. The molecule has 0 unspecified atom stereocenters. The zero-order valence-corrected chi connectivity index (χ0v) is 13.3. The molecule has 122 valence electrons. The molecule has 1 amide bonds. The molecule has 0 heterocycles. The smallest absolute Gasteiger partial charge is 0.333 e. The first-order valence-corrected chi connectivity index (χ1v) is 7.87. The van der Waals surface area contributed by atoms with Crippen LogP contribution in [0.25, 0.3) is 0 Å². The van der Waals surface area contributed by atoms with Crippen LogP contribution in [-0.2, 0) is 14.3 Å². The van der Waals surface area contributed by atoms with Gasteiger partial charge in [-0.25, -0.2) is 4.79 Å². The molecule has 21 heavy (non-hydrogen) atoms. The molecule has 3 N–H and O–H groups in total. The van der Waals surface area contributed by atoms with E-state index in [0.29, 0.717) is 31.6 Å². The second-order valence-electron chi connectivity index (χ2n) is 5.28. The fourth-order valence-corrected chi connectivity index (χ4v) is 1.81. The van der Waals surface area contributed by atoms with Crippen LogP contribution in [0.4, 0.5) is 0 Å². The number of esters is 1. The molecule has 0 aliphatic rings. The molecule has 0 aromatic rings. The number of hydrogen-bond donors (Lipinski definition) is 2. The van der Waals surface area contributed by atoms with Gasteiger partial charge in [0.25, 0.3) is 0 Å². The first-order valence-electron chi connectivity index (χ1n) is 7.87. The van der Waals surface area contributed by atoms with E-state index < -0.39 is 0 Å². The predicted octanol–water partition coefficient (Wildman–Crippen LogP) is 2.30. The van der Waals surface area contributed by atoms with Gasteiger partial charge in [-0.15, -0.1) is 0 Å². The summed E-state index contributed by atoms with van der Waals surface area (Å²) in [4.78, 5) is 22.6. The van der Waals surface area contributed by atoms with Crippen molar-refractivity contribution >= 4 is 11.9 Å². The van der Waals surface area contributed by atoms with E-state index in [0.717, 1.165) is 25.8 Å². The van der Waals surface area contributed by atoms with Crippen molar-refractivity contribution in [2.75, 3.05) is 19.7 Å². The van der Waals surface area contributed by atoms with Gasteiger partial charge >= 0.3 is 5.97 Å². The Labute approximate surface area is 128 Å². The van der Waals surface area contributed by atoms with Gasteiger partial charge in [-0.3, -0.25) is 4.79 Å². The van der Waals surface area contributed by atoms with Crippen molar-refractivity contribution < 1.29 is 14.3 Å². The number of rotatable bonds is 13. The Morgan fingerprint density at radius 2 is 1.67 bits per heavy atom. The molecule has 0 bridgehead atoms. The second kappa shape index (κ2) is 13.6. The Morgan fingerprint density at radius 3 is 2.29 bits per heavy atom. The van der Waals surface area contributed by atoms with Gasteiger partial charge in [0.2, 0.25) is 5.91 Å². The van der Waals surface area contributed by atoms with Crippen LogP contribution in [0.1, 0.15) is 58.3 Å². The summed E-state index contributed by atoms with van der Waals surface area (Å²) < 4.78 is 4.93. The van der Waals surface area contributed by atoms with Crippen molar-refractivity contribution in [3.8, 4) is 0 Å². The third-order valence-electron chi connectivity index (χ3n) is 3.08. The molecule has 0 saturated heterocycles. The molecular formula is C16H30N2O3. The predicted molar refractivity (Wildman–Crippen MR) is 84.8 cm³/mol. The van der Waals surface area contributed by atoms with Crippen LogP contribution < -0.4 is 11.1 Å². The first kappa shape index (κ1) is 19.6. The van der Waals surface area contributed by atoms with Gasteiger partial charge in [-0.1, -0.05) is 32.3 Å². The van der Waals surface area contributed by atoms with Crippen molar-refractivity contribution in [3.05, 3.63) is 12.2 Å². The van der Waals surface area contributed by atoms with Crippen molar-refractivity contribution in [2.24, 2.45) is 5.73 Å². The Balaban J connectivity index is 3.31. The minimum atomic E-state index is -0.379. The highest BCUT2D eigenvalue weighted by Gasteiger charge is 2.03. The maximum atomic E-state index is 11.5. The normalized spacial score (nSPS) is 10.2. The molecule has 0 atom stereocenters. The van der Waals surface area contributed by atoms with Gasteiger partial charge in [0.15, 0.2) is 0 Å². The summed E-state index contributed by atoms with van der Waals surface area (Å²) in [5.41, 5.74) is 5.82. The average Bonchev–Trinajstić information content (AvgIpc) is 2.45. The van der Waals surface area contributed by atoms with Crippen LogP contribution in [0.15, 0.2) is 12.2 Å². The average molecular weight is 298 g/mol. The van der Waals surface area contributed by atoms with E-state index in [2.05, 4.69) is 11.9 Å². The van der Waals surface area contributed by atoms with Crippen LogP contribution >= 0.6 is 0 Å². The number of unbranched alkanes of at least 4 members (excludes halogenated alkanes) is 5. The van der Waals surface area contributed by atoms with Crippen molar-refractivity contribution in [2.45, 2.75) is 58.3 Å². The second-order valence-corrected chi connectivity index (χ2v) is 5.28. The molecule has 0 aliphatic carbocycles. The Hall–Kier alpha value is -1.36. The van der Waals surface area contributed by atoms with E-state index in [1.165, 1.54) is 19.3 Å². The summed E-state index contributed by atoms with van der Waals surface area (Å²) in [6.07, 6.45) is 7.87. The molecule has 0 radical (unpaired) electrons. The first-order chi connectivity index (χ1) is 10.1. The minimum absolute atomic E-state index is 0.0724. The zero-order chi connectivity index (χ0) is 15.9. The molecule has 0 fully saturated rings. The summed E-state index contributed by atoms with van der Waals surface area (Å²) in [5.74, 6) is -0.306. The summed E-state index contributed by atoms with van der Waals surface area (Å²) in [6, 6.07) is 0. The number of nitrogens with one attached hydrogen (secondary N) is 1. The lowest BCUT2D eigenvalue weighted by molar-refractivity contribution is -0.138. The fourth-order valence-electron chi connectivity index (χ4n) is 1.81. The lowest BCUT2D eigenvalue weighted by atomic mass is 10.1. The van der Waals surface area contributed by atoms with Gasteiger partial charge in [0.1, 0.15) is 0 Å². The van der Waals surface area contributed by atoms with Crippen LogP contribution in [0.2, 0.25) is 0 Å². The monoisotopic (exact) mass is 298 g/mol. The third kappa shape index (κ3) is 13.4. The highest BCUT2D eigenvalue weighted by molar-refractivity contribution is 5.86. The van der Waals surface area contributed by atoms with Gasteiger partial charge in [-0.2, -0.15) is 0 Å². The van der Waals surface area contributed by atoms with E-state index in [-0.39, 0.29) is 11.9 Å². The quantitative estimate of drug-likeness (QED) is 0.310. The van der Waals surface area contributed by atoms with E-state index in [9.17, 15) is 9.59 Å². The van der Waals surface area contributed by atoms with Crippen LogP contribution in [0, 0.1) is 0 Å². The van der Waals surface area contributed by atoms with Crippen LogP contribution in [0.5, 0.6) is 0 Å². The van der Waals surface area contributed by atoms with Crippen molar-refractivity contribution in [3.63, 3.8) is 0 Å². The van der Waals surface area contributed by atoms with Crippen molar-refractivity contribution in [1.82, 2.24) is 5.32 Å². The molecular weight excluding hydrogens is 268 g/mol. The number of carbonyl (C=O) groups excluding carboxylic acids is 2.